The molecule has 0 N–H and O–H groups in total. The average Bonchev–Trinajstić information content (AvgIpc) is 2.62. The molecule has 25 heavy (non-hydrogen) atoms. The summed E-state index contributed by atoms with van der Waals surface area (Å²) in [5.74, 6) is 0. The molecule has 2 aromatic carbocycles. The van der Waals surface area contributed by atoms with Crippen molar-refractivity contribution in [3.63, 3.8) is 0 Å². The van der Waals surface area contributed by atoms with E-state index >= 15 is 0 Å². The van der Waals surface area contributed by atoms with Crippen molar-refractivity contribution in [3.05, 3.63) is 83.9 Å². The Bertz CT molecular complexity index is 775. The van der Waals surface area contributed by atoms with Crippen LogP contribution in [0.4, 0.5) is 0 Å². The SMILES string of the molecule is C=C(C)c1ccc(C2=CC3COCC(C2)N3Cc2ccccc2)cc1. The first-order chi connectivity index (χ1) is 12.2. The topological polar surface area (TPSA) is 12.5 Å². The van der Waals surface area contributed by atoms with E-state index in [1.807, 2.05) is 0 Å². The summed E-state index contributed by atoms with van der Waals surface area (Å²) in [6, 6.07) is 20.4. The van der Waals surface area contributed by atoms with Crippen molar-refractivity contribution in [2.75, 3.05) is 13.2 Å². The predicted molar refractivity (Wildman–Crippen MR) is 104 cm³/mol. The van der Waals surface area contributed by atoms with Gasteiger partial charge in [0.25, 0.3) is 0 Å². The number of fused-ring (bicyclic) bond motifs is 2. The molecule has 0 saturated carbocycles. The molecule has 2 unspecified atom stereocenters. The lowest BCUT2D eigenvalue weighted by Gasteiger charge is -2.45. The molecule has 0 amide bonds. The van der Waals surface area contributed by atoms with Crippen LogP contribution in [0.5, 0.6) is 0 Å². The van der Waals surface area contributed by atoms with E-state index in [9.17, 15) is 0 Å². The molecule has 2 heteroatoms. The van der Waals surface area contributed by atoms with Crippen LogP contribution in [0.1, 0.15) is 30.0 Å². The van der Waals surface area contributed by atoms with Crippen molar-refractivity contribution in [1.29, 1.82) is 0 Å². The molecule has 128 valence electrons. The smallest absolute Gasteiger partial charge is 0.0658 e. The summed E-state index contributed by atoms with van der Waals surface area (Å²) in [6.45, 7) is 8.69. The number of allylic oxidation sites excluding steroid dienone is 1. The first kappa shape index (κ1) is 16.3. The molecular formula is C23H25NO. The third-order valence-electron chi connectivity index (χ3n) is 5.30. The summed E-state index contributed by atoms with van der Waals surface area (Å²) in [5.41, 5.74) is 6.50. The van der Waals surface area contributed by atoms with Gasteiger partial charge in [0, 0.05) is 12.6 Å². The number of hydrogen-bond acceptors (Lipinski definition) is 2. The number of benzene rings is 2. The van der Waals surface area contributed by atoms with Gasteiger partial charge in [0.2, 0.25) is 0 Å². The van der Waals surface area contributed by atoms with Crippen LogP contribution in [0.2, 0.25) is 0 Å². The molecule has 2 atom stereocenters. The van der Waals surface area contributed by atoms with Crippen molar-refractivity contribution in [2.45, 2.75) is 32.0 Å². The van der Waals surface area contributed by atoms with Gasteiger partial charge in [-0.2, -0.15) is 0 Å². The van der Waals surface area contributed by atoms with Crippen LogP contribution in [0.3, 0.4) is 0 Å². The van der Waals surface area contributed by atoms with E-state index in [2.05, 4.69) is 79.1 Å². The zero-order chi connectivity index (χ0) is 17.2. The second-order valence-electron chi connectivity index (χ2n) is 7.17. The minimum atomic E-state index is 0.364. The van der Waals surface area contributed by atoms with Gasteiger partial charge < -0.3 is 4.74 Å². The molecule has 4 rings (SSSR count). The Morgan fingerprint density at radius 2 is 1.84 bits per heavy atom. The lowest BCUT2D eigenvalue weighted by atomic mass is 9.89. The normalized spacial score (nSPS) is 23.2. The second kappa shape index (κ2) is 6.99. The van der Waals surface area contributed by atoms with Gasteiger partial charge in [0.15, 0.2) is 0 Å². The standard InChI is InChI=1S/C23H25NO/c1-17(2)19-8-10-20(11-9-19)21-12-22-15-25-16-23(13-21)24(22)14-18-6-4-3-5-7-18/h3-12,22-23H,1,13-16H2,2H3. The molecule has 2 aromatic rings. The van der Waals surface area contributed by atoms with Gasteiger partial charge in [-0.25, -0.2) is 0 Å². The molecule has 0 aromatic heterocycles. The molecule has 0 spiro atoms. The highest BCUT2D eigenvalue weighted by Crippen LogP contribution is 2.33. The summed E-state index contributed by atoms with van der Waals surface area (Å²) in [6.07, 6.45) is 3.46. The lowest BCUT2D eigenvalue weighted by Crippen LogP contribution is -2.53. The zero-order valence-corrected chi connectivity index (χ0v) is 14.8. The first-order valence-corrected chi connectivity index (χ1v) is 9.05. The fourth-order valence-electron chi connectivity index (χ4n) is 3.88. The Balaban J connectivity index is 1.57. The van der Waals surface area contributed by atoms with Crippen molar-refractivity contribution < 1.29 is 4.74 Å². The van der Waals surface area contributed by atoms with Gasteiger partial charge in [-0.1, -0.05) is 72.8 Å². The molecule has 0 aliphatic carbocycles. The summed E-state index contributed by atoms with van der Waals surface area (Å²) in [7, 11) is 0. The maximum absolute atomic E-state index is 5.84. The summed E-state index contributed by atoms with van der Waals surface area (Å²) >= 11 is 0. The third-order valence-corrected chi connectivity index (χ3v) is 5.30. The number of hydrogen-bond donors (Lipinski definition) is 0. The van der Waals surface area contributed by atoms with E-state index < -0.39 is 0 Å². The highest BCUT2D eigenvalue weighted by Gasteiger charge is 2.34. The molecule has 2 aliphatic rings. The zero-order valence-electron chi connectivity index (χ0n) is 14.8. The van der Waals surface area contributed by atoms with Gasteiger partial charge in [-0.15, -0.1) is 0 Å². The van der Waals surface area contributed by atoms with Gasteiger partial charge in [-0.05, 0) is 35.6 Å². The monoisotopic (exact) mass is 331 g/mol. The van der Waals surface area contributed by atoms with E-state index in [1.165, 1.54) is 22.3 Å². The molecule has 2 aliphatic heterocycles. The molecular weight excluding hydrogens is 306 g/mol. The Morgan fingerprint density at radius 1 is 1.08 bits per heavy atom. The van der Waals surface area contributed by atoms with E-state index in [1.54, 1.807) is 0 Å². The molecule has 1 fully saturated rings. The van der Waals surface area contributed by atoms with E-state index in [0.717, 1.165) is 31.8 Å². The molecule has 2 bridgehead atoms. The van der Waals surface area contributed by atoms with Gasteiger partial charge in [0.1, 0.15) is 0 Å². The minimum absolute atomic E-state index is 0.364. The molecule has 1 saturated heterocycles. The lowest BCUT2D eigenvalue weighted by molar-refractivity contribution is -0.0402. The van der Waals surface area contributed by atoms with Crippen molar-refractivity contribution in [3.8, 4) is 0 Å². The fraction of sp³-hybridized carbons (Fsp3) is 0.304. The van der Waals surface area contributed by atoms with Gasteiger partial charge >= 0.3 is 0 Å². The summed E-state index contributed by atoms with van der Waals surface area (Å²) in [4.78, 5) is 2.60. The summed E-state index contributed by atoms with van der Waals surface area (Å²) in [5, 5.41) is 0. The maximum atomic E-state index is 5.84. The Hall–Kier alpha value is -2.16. The minimum Gasteiger partial charge on any atom is -0.378 e. The third kappa shape index (κ3) is 3.46. The number of rotatable bonds is 4. The van der Waals surface area contributed by atoms with E-state index in [-0.39, 0.29) is 0 Å². The molecule has 0 radical (unpaired) electrons. The highest BCUT2D eigenvalue weighted by atomic mass is 16.5. The molecule has 2 heterocycles. The maximum Gasteiger partial charge on any atom is 0.0658 e. The van der Waals surface area contributed by atoms with Gasteiger partial charge in [-0.3, -0.25) is 4.90 Å². The van der Waals surface area contributed by atoms with Crippen molar-refractivity contribution in [2.24, 2.45) is 0 Å². The largest absolute Gasteiger partial charge is 0.378 e. The first-order valence-electron chi connectivity index (χ1n) is 9.05. The van der Waals surface area contributed by atoms with E-state index in [0.29, 0.717) is 12.1 Å². The Kier molecular flexibility index (Phi) is 4.56. The van der Waals surface area contributed by atoms with Crippen molar-refractivity contribution in [1.82, 2.24) is 4.90 Å². The van der Waals surface area contributed by atoms with Crippen LogP contribution >= 0.6 is 0 Å². The van der Waals surface area contributed by atoms with Crippen LogP contribution in [-0.4, -0.2) is 30.2 Å². The van der Waals surface area contributed by atoms with Crippen molar-refractivity contribution >= 4 is 11.1 Å². The molecule has 2 nitrogen and oxygen atoms in total. The second-order valence-corrected chi connectivity index (χ2v) is 7.17. The van der Waals surface area contributed by atoms with Crippen LogP contribution in [0.25, 0.3) is 11.1 Å². The highest BCUT2D eigenvalue weighted by molar-refractivity contribution is 5.70. The number of nitrogens with zero attached hydrogens (tertiary/aromatic N) is 1. The summed E-state index contributed by atoms with van der Waals surface area (Å²) < 4.78 is 5.84. The van der Waals surface area contributed by atoms with Crippen LogP contribution < -0.4 is 0 Å². The fourth-order valence-corrected chi connectivity index (χ4v) is 3.88. The number of morpholine rings is 1. The van der Waals surface area contributed by atoms with Gasteiger partial charge in [0.05, 0.1) is 19.3 Å². The van der Waals surface area contributed by atoms with E-state index in [4.69, 9.17) is 4.74 Å². The quantitative estimate of drug-likeness (QED) is 0.800. The predicted octanol–water partition coefficient (Wildman–Crippen LogP) is 4.78. The van der Waals surface area contributed by atoms with Crippen LogP contribution in [-0.2, 0) is 11.3 Å². The average molecular weight is 331 g/mol. The Morgan fingerprint density at radius 3 is 2.52 bits per heavy atom. The van der Waals surface area contributed by atoms with Crippen LogP contribution in [0.15, 0.2) is 67.3 Å². The Labute approximate surface area is 150 Å². The van der Waals surface area contributed by atoms with Crippen LogP contribution in [0, 0.1) is 0 Å². The number of ether oxygens (including phenoxy) is 1.